The molecule has 282 valence electrons. The molecule has 0 saturated carbocycles. The van der Waals surface area contributed by atoms with Crippen LogP contribution in [0.5, 0.6) is 0 Å². The average Bonchev–Trinajstić information content (AvgIpc) is 3.66. The summed E-state index contributed by atoms with van der Waals surface area (Å²) in [5.74, 6) is 0. The van der Waals surface area contributed by atoms with Crippen LogP contribution < -0.4 is 16.4 Å². The maximum atomic E-state index is 9.71. The molecule has 4 heterocycles. The first-order valence-corrected chi connectivity index (χ1v) is 20.7. The Kier molecular flexibility index (Phi) is 7.12. The average molecular weight is 742 g/mol. The maximum Gasteiger partial charge on any atom is 0.252 e. The lowest BCUT2D eigenvalue weighted by molar-refractivity contribution is 0.590. The predicted molar refractivity (Wildman–Crippen MR) is 245 cm³/mol. The summed E-state index contributed by atoms with van der Waals surface area (Å²) in [6, 6.07) is 39.8. The normalized spacial score (nSPS) is 13.9. The lowest BCUT2D eigenvalue weighted by Gasteiger charge is -2.36. The van der Waals surface area contributed by atoms with E-state index in [1.165, 1.54) is 93.6 Å². The van der Waals surface area contributed by atoms with Crippen LogP contribution in [0.25, 0.3) is 66.1 Å². The second-order valence-electron chi connectivity index (χ2n) is 21.1. The summed E-state index contributed by atoms with van der Waals surface area (Å²) in [7, 11) is 0. The van der Waals surface area contributed by atoms with Crippen LogP contribution in [-0.4, -0.2) is 15.8 Å². The molecule has 0 bridgehead atoms. The zero-order valence-electron chi connectivity index (χ0n) is 35.7. The Morgan fingerprint density at radius 1 is 0.439 bits per heavy atom. The Labute approximate surface area is 338 Å². The molecule has 4 heteroatoms. The van der Waals surface area contributed by atoms with Gasteiger partial charge in [-0.3, -0.25) is 0 Å². The molecule has 57 heavy (non-hydrogen) atoms. The Bertz CT molecular complexity index is 2920. The highest BCUT2D eigenvalue weighted by molar-refractivity contribution is 7.00. The van der Waals surface area contributed by atoms with E-state index in [0.717, 1.165) is 11.1 Å². The van der Waals surface area contributed by atoms with Gasteiger partial charge in [-0.1, -0.05) is 119 Å². The third-order valence-corrected chi connectivity index (χ3v) is 13.1. The van der Waals surface area contributed by atoms with Crippen molar-refractivity contribution in [3.8, 4) is 28.6 Å². The van der Waals surface area contributed by atoms with Crippen molar-refractivity contribution in [3.05, 3.63) is 125 Å². The first-order valence-electron chi connectivity index (χ1n) is 20.7. The van der Waals surface area contributed by atoms with E-state index < -0.39 is 0 Å². The van der Waals surface area contributed by atoms with Crippen LogP contribution in [0.15, 0.2) is 97.1 Å². The fourth-order valence-electron chi connectivity index (χ4n) is 9.77. The number of hydrogen-bond acceptors (Lipinski definition) is 1. The number of nitriles is 1. The smallest absolute Gasteiger partial charge is 0.252 e. The fourth-order valence-corrected chi connectivity index (χ4v) is 9.77. The van der Waals surface area contributed by atoms with Crippen LogP contribution in [0.3, 0.4) is 0 Å². The molecule has 0 radical (unpaired) electrons. The summed E-state index contributed by atoms with van der Waals surface area (Å²) in [5.41, 5.74) is 20.1. The summed E-state index contributed by atoms with van der Waals surface area (Å²) in [5, 5.41) is 15.0. The molecular formula is C53H52BN3. The van der Waals surface area contributed by atoms with E-state index in [9.17, 15) is 5.26 Å². The van der Waals surface area contributed by atoms with Gasteiger partial charge in [-0.2, -0.15) is 5.26 Å². The highest BCUT2D eigenvalue weighted by atomic mass is 15.0. The molecule has 10 rings (SSSR count). The van der Waals surface area contributed by atoms with Crippen LogP contribution in [0.2, 0.25) is 0 Å². The highest BCUT2D eigenvalue weighted by Gasteiger charge is 2.42. The second-order valence-corrected chi connectivity index (χ2v) is 21.1. The molecule has 0 fully saturated rings. The molecule has 6 aromatic carbocycles. The fraction of sp³-hybridized carbons (Fsp3) is 0.302. The standard InChI is InChI=1S/C53H52BN3/c1-50(2,3)33-17-19-43-37(23-33)39-25-35(52(7,8)9)27-41-48(39)56(43)45-21-32(31-15-13-30(29-55)14-16-31)22-46-47(45)54(41)42-28-36(53(10,11)12)26-40-38-24-34(51(4,5)6)18-20-44(38)57(46)49(40)42/h13-28H,1-12H3. The van der Waals surface area contributed by atoms with Crippen molar-refractivity contribution in [1.82, 2.24) is 9.13 Å². The van der Waals surface area contributed by atoms with Crippen molar-refractivity contribution in [2.45, 2.75) is 105 Å². The number of benzene rings is 6. The zero-order valence-corrected chi connectivity index (χ0v) is 35.7. The molecule has 3 nitrogen and oxygen atoms in total. The summed E-state index contributed by atoms with van der Waals surface area (Å²) in [4.78, 5) is 0. The monoisotopic (exact) mass is 741 g/mol. The van der Waals surface area contributed by atoms with Gasteiger partial charge in [-0.25, -0.2) is 0 Å². The molecule has 2 aliphatic rings. The van der Waals surface area contributed by atoms with Crippen molar-refractivity contribution < 1.29 is 0 Å². The molecule has 0 aliphatic carbocycles. The maximum absolute atomic E-state index is 9.71. The minimum Gasteiger partial charge on any atom is -0.310 e. The molecule has 0 amide bonds. The Hall–Kier alpha value is -5.53. The largest absolute Gasteiger partial charge is 0.310 e. The zero-order chi connectivity index (χ0) is 40.3. The van der Waals surface area contributed by atoms with Gasteiger partial charge in [0.25, 0.3) is 6.71 Å². The SMILES string of the molecule is CC(C)(C)c1ccc2c(c1)c1cc(C(C)(C)C)cc3c1n2-c1cc(-c2ccc(C#N)cc2)cc2c1B3c1cc(C(C)(C)C)cc3c4cc(C(C)(C)C)ccc4n-2c13. The summed E-state index contributed by atoms with van der Waals surface area (Å²) >= 11 is 0. The van der Waals surface area contributed by atoms with Crippen LogP contribution in [0.4, 0.5) is 0 Å². The van der Waals surface area contributed by atoms with Gasteiger partial charge in [0.05, 0.1) is 22.7 Å². The van der Waals surface area contributed by atoms with Gasteiger partial charge >= 0.3 is 0 Å². The number of aromatic nitrogens is 2. The predicted octanol–water partition coefficient (Wildman–Crippen LogP) is 11.8. The molecule has 2 aliphatic heterocycles. The summed E-state index contributed by atoms with van der Waals surface area (Å²) in [6.07, 6.45) is 0. The van der Waals surface area contributed by atoms with Crippen LogP contribution >= 0.6 is 0 Å². The molecule has 0 saturated heterocycles. The minimum absolute atomic E-state index is 0.0169. The van der Waals surface area contributed by atoms with E-state index in [4.69, 9.17) is 0 Å². The van der Waals surface area contributed by atoms with Gasteiger partial charge in [0.2, 0.25) is 0 Å². The second kappa shape index (κ2) is 11.3. The van der Waals surface area contributed by atoms with E-state index in [0.29, 0.717) is 5.56 Å². The van der Waals surface area contributed by atoms with Gasteiger partial charge in [-0.05, 0) is 132 Å². The van der Waals surface area contributed by atoms with E-state index >= 15 is 0 Å². The van der Waals surface area contributed by atoms with E-state index in [2.05, 4.69) is 183 Å². The van der Waals surface area contributed by atoms with Gasteiger partial charge in [0.15, 0.2) is 0 Å². The number of fused-ring (bicyclic) bond motifs is 10. The van der Waals surface area contributed by atoms with Gasteiger partial charge in [0.1, 0.15) is 0 Å². The highest BCUT2D eigenvalue weighted by Crippen LogP contribution is 2.44. The van der Waals surface area contributed by atoms with Gasteiger partial charge < -0.3 is 9.13 Å². The Morgan fingerprint density at radius 3 is 1.23 bits per heavy atom. The van der Waals surface area contributed by atoms with Gasteiger partial charge in [-0.15, -0.1) is 0 Å². The Morgan fingerprint density at radius 2 is 0.842 bits per heavy atom. The number of rotatable bonds is 1. The third-order valence-electron chi connectivity index (χ3n) is 13.1. The van der Waals surface area contributed by atoms with Crippen molar-refractivity contribution in [2.75, 3.05) is 0 Å². The first-order chi connectivity index (χ1) is 26.7. The third kappa shape index (κ3) is 5.10. The summed E-state index contributed by atoms with van der Waals surface area (Å²) < 4.78 is 5.20. The van der Waals surface area contributed by atoms with Gasteiger partial charge in [0, 0.05) is 44.0 Å². The molecule has 0 spiro atoms. The lowest BCUT2D eigenvalue weighted by atomic mass is 9.34. The van der Waals surface area contributed by atoms with Crippen molar-refractivity contribution in [3.63, 3.8) is 0 Å². The van der Waals surface area contributed by atoms with E-state index in [-0.39, 0.29) is 28.4 Å². The lowest BCUT2D eigenvalue weighted by Crippen LogP contribution is -2.59. The molecule has 0 atom stereocenters. The van der Waals surface area contributed by atoms with Crippen LogP contribution in [0, 0.1) is 11.3 Å². The van der Waals surface area contributed by atoms with Crippen molar-refractivity contribution >= 4 is 66.7 Å². The van der Waals surface area contributed by atoms with Crippen molar-refractivity contribution in [1.29, 1.82) is 5.26 Å². The van der Waals surface area contributed by atoms with Crippen LogP contribution in [0.1, 0.15) is 111 Å². The van der Waals surface area contributed by atoms with E-state index in [1.807, 2.05) is 12.1 Å². The van der Waals surface area contributed by atoms with E-state index in [1.54, 1.807) is 0 Å². The quantitative estimate of drug-likeness (QED) is 0.154. The molecule has 0 N–H and O–H groups in total. The topological polar surface area (TPSA) is 33.6 Å². The van der Waals surface area contributed by atoms with Crippen LogP contribution in [-0.2, 0) is 21.7 Å². The number of nitrogens with zero attached hydrogens (tertiary/aromatic N) is 3. The first kappa shape index (κ1) is 35.9. The molecule has 0 unspecified atom stereocenters. The molecule has 8 aromatic rings. The van der Waals surface area contributed by atoms with Crippen molar-refractivity contribution in [2.24, 2.45) is 0 Å². The number of hydrogen-bond donors (Lipinski definition) is 0. The minimum atomic E-state index is -0.0429. The molecular weight excluding hydrogens is 689 g/mol. The molecule has 2 aromatic heterocycles. The summed E-state index contributed by atoms with van der Waals surface area (Å²) in [6.45, 7) is 28.1. The Balaban J connectivity index is 1.45.